The van der Waals surface area contributed by atoms with Crippen LogP contribution in [0.25, 0.3) is 10.8 Å². The van der Waals surface area contributed by atoms with Gasteiger partial charge in [0.25, 0.3) is 0 Å². The Morgan fingerprint density at radius 1 is 1.21 bits per heavy atom. The summed E-state index contributed by atoms with van der Waals surface area (Å²) in [6, 6.07) is 6.84. The summed E-state index contributed by atoms with van der Waals surface area (Å²) in [6.07, 6.45) is -1.02. The molecule has 0 saturated carbocycles. The van der Waals surface area contributed by atoms with Crippen LogP contribution >= 0.6 is 0 Å². The zero-order valence-electron chi connectivity index (χ0n) is 10.1. The van der Waals surface area contributed by atoms with Crippen molar-refractivity contribution in [2.24, 2.45) is 5.73 Å². The van der Waals surface area contributed by atoms with Gasteiger partial charge in [-0.25, -0.2) is 0 Å². The summed E-state index contributed by atoms with van der Waals surface area (Å²) in [5.74, 6) is 0. The highest BCUT2D eigenvalue weighted by Gasteiger charge is 2.28. The van der Waals surface area contributed by atoms with Crippen molar-refractivity contribution < 1.29 is 13.2 Å². The van der Waals surface area contributed by atoms with Gasteiger partial charge in [0.2, 0.25) is 0 Å². The van der Waals surface area contributed by atoms with Crippen molar-refractivity contribution >= 4 is 10.8 Å². The molecule has 3 nitrogen and oxygen atoms in total. The fourth-order valence-corrected chi connectivity index (χ4v) is 1.98. The number of hydrogen-bond donors (Lipinski definition) is 2. The molecule has 0 spiro atoms. The Hall–Kier alpha value is -1.66. The molecule has 0 amide bonds. The second kappa shape index (κ2) is 5.54. The first-order chi connectivity index (χ1) is 9.01. The SMILES string of the molecule is NCC(NCC(F)(F)F)c1cncc2ccccc12. The monoisotopic (exact) mass is 269 g/mol. The van der Waals surface area contributed by atoms with E-state index in [0.29, 0.717) is 5.56 Å². The molecule has 1 heterocycles. The van der Waals surface area contributed by atoms with Gasteiger partial charge in [-0.3, -0.25) is 4.98 Å². The van der Waals surface area contributed by atoms with Crippen molar-refractivity contribution in [1.82, 2.24) is 10.3 Å². The maximum Gasteiger partial charge on any atom is 0.401 e. The Balaban J connectivity index is 2.30. The van der Waals surface area contributed by atoms with Gasteiger partial charge < -0.3 is 11.1 Å². The Kier molecular flexibility index (Phi) is 4.01. The van der Waals surface area contributed by atoms with E-state index in [1.165, 1.54) is 0 Å². The van der Waals surface area contributed by atoms with Gasteiger partial charge in [0.15, 0.2) is 0 Å². The molecular formula is C13H14F3N3. The molecule has 1 unspecified atom stereocenters. The van der Waals surface area contributed by atoms with E-state index in [0.717, 1.165) is 10.8 Å². The molecule has 1 aromatic carbocycles. The van der Waals surface area contributed by atoms with Crippen LogP contribution in [0.15, 0.2) is 36.7 Å². The fourth-order valence-electron chi connectivity index (χ4n) is 1.98. The van der Waals surface area contributed by atoms with Crippen LogP contribution in [0.1, 0.15) is 11.6 Å². The average Bonchev–Trinajstić information content (AvgIpc) is 2.38. The van der Waals surface area contributed by atoms with Gasteiger partial charge in [-0.2, -0.15) is 13.2 Å². The summed E-state index contributed by atoms with van der Waals surface area (Å²) in [6.45, 7) is -0.996. The Labute approximate surface area is 108 Å². The van der Waals surface area contributed by atoms with Crippen molar-refractivity contribution in [1.29, 1.82) is 0 Å². The molecule has 6 heteroatoms. The average molecular weight is 269 g/mol. The number of fused-ring (bicyclic) bond motifs is 1. The summed E-state index contributed by atoms with van der Waals surface area (Å²) in [5, 5.41) is 4.17. The van der Waals surface area contributed by atoms with Crippen molar-refractivity contribution in [3.05, 3.63) is 42.2 Å². The van der Waals surface area contributed by atoms with Crippen molar-refractivity contribution in [2.45, 2.75) is 12.2 Å². The van der Waals surface area contributed by atoms with Crippen molar-refractivity contribution in [2.75, 3.05) is 13.1 Å². The number of hydrogen-bond acceptors (Lipinski definition) is 3. The molecule has 3 N–H and O–H groups in total. The van der Waals surface area contributed by atoms with E-state index >= 15 is 0 Å². The molecule has 0 fully saturated rings. The van der Waals surface area contributed by atoms with E-state index in [9.17, 15) is 13.2 Å². The predicted molar refractivity (Wildman–Crippen MR) is 67.6 cm³/mol. The lowest BCUT2D eigenvalue weighted by Gasteiger charge is -2.19. The molecule has 2 rings (SSSR count). The van der Waals surface area contributed by atoms with Gasteiger partial charge in [-0.15, -0.1) is 0 Å². The summed E-state index contributed by atoms with van der Waals surface area (Å²) < 4.78 is 36.8. The number of benzene rings is 1. The van der Waals surface area contributed by atoms with Crippen LogP contribution in [0.3, 0.4) is 0 Å². The molecule has 0 saturated heterocycles. The molecule has 2 aromatic rings. The smallest absolute Gasteiger partial charge is 0.329 e. The zero-order valence-corrected chi connectivity index (χ0v) is 10.1. The number of halogens is 3. The van der Waals surface area contributed by atoms with Crippen LogP contribution in [0, 0.1) is 0 Å². The number of nitrogens with one attached hydrogen (secondary N) is 1. The number of nitrogens with two attached hydrogens (primary N) is 1. The first-order valence-corrected chi connectivity index (χ1v) is 5.84. The largest absolute Gasteiger partial charge is 0.401 e. The summed E-state index contributed by atoms with van der Waals surface area (Å²) in [5.41, 5.74) is 6.25. The molecule has 1 aromatic heterocycles. The van der Waals surface area contributed by atoms with Gasteiger partial charge in [0.05, 0.1) is 6.54 Å². The maximum atomic E-state index is 12.3. The standard InChI is InChI=1S/C13H14F3N3/c14-13(15,16)8-19-12(5-17)11-7-18-6-9-3-1-2-4-10(9)11/h1-4,6-7,12,19H,5,8,17H2. The van der Waals surface area contributed by atoms with Crippen LogP contribution in [-0.2, 0) is 0 Å². The molecule has 0 radical (unpaired) electrons. The molecule has 0 bridgehead atoms. The van der Waals surface area contributed by atoms with E-state index in [-0.39, 0.29) is 6.54 Å². The minimum Gasteiger partial charge on any atom is -0.329 e. The third-order valence-electron chi connectivity index (χ3n) is 2.86. The predicted octanol–water partition coefficient (Wildman–Crippen LogP) is 2.39. The second-order valence-corrected chi connectivity index (χ2v) is 4.23. The maximum absolute atomic E-state index is 12.3. The Morgan fingerprint density at radius 3 is 2.63 bits per heavy atom. The van der Waals surface area contributed by atoms with Crippen LogP contribution < -0.4 is 11.1 Å². The molecule has 0 aliphatic rings. The van der Waals surface area contributed by atoms with Crippen LogP contribution in [0.5, 0.6) is 0 Å². The number of alkyl halides is 3. The molecule has 19 heavy (non-hydrogen) atoms. The summed E-state index contributed by atoms with van der Waals surface area (Å²) >= 11 is 0. The second-order valence-electron chi connectivity index (χ2n) is 4.23. The number of rotatable bonds is 4. The number of aromatic nitrogens is 1. The van der Waals surface area contributed by atoms with Crippen molar-refractivity contribution in [3.63, 3.8) is 0 Å². The Bertz CT molecular complexity index is 549. The molecule has 0 aliphatic carbocycles. The van der Waals surface area contributed by atoms with Gasteiger partial charge in [-0.1, -0.05) is 24.3 Å². The first-order valence-electron chi connectivity index (χ1n) is 5.84. The van der Waals surface area contributed by atoms with Gasteiger partial charge in [0.1, 0.15) is 0 Å². The first kappa shape index (κ1) is 13.8. The Morgan fingerprint density at radius 2 is 1.95 bits per heavy atom. The summed E-state index contributed by atoms with van der Waals surface area (Å²) in [4.78, 5) is 4.05. The van der Waals surface area contributed by atoms with Gasteiger partial charge >= 0.3 is 6.18 Å². The highest BCUT2D eigenvalue weighted by atomic mass is 19.4. The van der Waals surface area contributed by atoms with E-state index < -0.39 is 18.8 Å². The minimum absolute atomic E-state index is 0.0752. The van der Waals surface area contributed by atoms with Crippen LogP contribution in [0.4, 0.5) is 13.2 Å². The molecule has 102 valence electrons. The van der Waals surface area contributed by atoms with Crippen LogP contribution in [-0.4, -0.2) is 24.2 Å². The number of nitrogens with zero attached hydrogens (tertiary/aromatic N) is 1. The topological polar surface area (TPSA) is 50.9 Å². The zero-order chi connectivity index (χ0) is 13.9. The highest BCUT2D eigenvalue weighted by Crippen LogP contribution is 2.23. The molecule has 1 atom stereocenters. The summed E-state index contributed by atoms with van der Waals surface area (Å²) in [7, 11) is 0. The lowest BCUT2D eigenvalue weighted by atomic mass is 10.0. The number of pyridine rings is 1. The van der Waals surface area contributed by atoms with E-state index in [1.54, 1.807) is 12.4 Å². The van der Waals surface area contributed by atoms with E-state index in [2.05, 4.69) is 10.3 Å². The lowest BCUT2D eigenvalue weighted by molar-refractivity contribution is -0.126. The normalized spacial score (nSPS) is 13.7. The van der Waals surface area contributed by atoms with Crippen LogP contribution in [0.2, 0.25) is 0 Å². The van der Waals surface area contributed by atoms with Gasteiger partial charge in [0, 0.05) is 30.4 Å². The molecule has 0 aliphatic heterocycles. The minimum atomic E-state index is -4.26. The molecular weight excluding hydrogens is 255 g/mol. The fraction of sp³-hybridized carbons (Fsp3) is 0.308. The lowest BCUT2D eigenvalue weighted by Crippen LogP contribution is -2.35. The van der Waals surface area contributed by atoms with Gasteiger partial charge in [-0.05, 0) is 10.9 Å². The third-order valence-corrected chi connectivity index (χ3v) is 2.86. The quantitative estimate of drug-likeness (QED) is 0.896. The van der Waals surface area contributed by atoms with E-state index in [1.807, 2.05) is 24.3 Å². The van der Waals surface area contributed by atoms with E-state index in [4.69, 9.17) is 5.73 Å². The van der Waals surface area contributed by atoms with Crippen molar-refractivity contribution in [3.8, 4) is 0 Å². The third kappa shape index (κ3) is 3.42. The highest BCUT2D eigenvalue weighted by molar-refractivity contribution is 5.85.